The van der Waals surface area contributed by atoms with Crippen molar-refractivity contribution in [3.63, 3.8) is 0 Å². The van der Waals surface area contributed by atoms with Gasteiger partial charge < -0.3 is 0 Å². The Morgan fingerprint density at radius 1 is 0.370 bits per heavy atom. The second kappa shape index (κ2) is 10.3. The fraction of sp³-hybridized carbons (Fsp3) is 0.412. The number of hydrogen-bond acceptors (Lipinski definition) is 8. The number of nitrogens with zero attached hydrogens (tertiary/aromatic N) is 4. The van der Waals surface area contributed by atoms with Crippen LogP contribution in [-0.4, -0.2) is 18.3 Å². The van der Waals surface area contributed by atoms with Gasteiger partial charge in [0.1, 0.15) is 0 Å². The van der Waals surface area contributed by atoms with Crippen molar-refractivity contribution >= 4 is 43.1 Å². The van der Waals surface area contributed by atoms with Gasteiger partial charge in [0.25, 0.3) is 44.5 Å². The molecule has 234 valence electrons. The van der Waals surface area contributed by atoms with Crippen LogP contribution in [-0.2, 0) is 13.1 Å². The molecule has 0 aliphatic heterocycles. The second-order valence-corrected chi connectivity index (χ2v) is 13.0. The molecule has 4 aromatic heterocycles. The van der Waals surface area contributed by atoms with Crippen LogP contribution in [0.5, 0.6) is 0 Å². The van der Waals surface area contributed by atoms with Gasteiger partial charge in [-0.3, -0.25) is 56.6 Å². The third-order valence-electron chi connectivity index (χ3n) is 10.4. The van der Waals surface area contributed by atoms with Gasteiger partial charge in [0.05, 0.1) is 43.1 Å². The average molecular weight is 623 g/mol. The predicted molar refractivity (Wildman–Crippen MR) is 174 cm³/mol. The summed E-state index contributed by atoms with van der Waals surface area (Å²) < 4.78 is 4.32. The summed E-state index contributed by atoms with van der Waals surface area (Å²) in [6.07, 6.45) is 8.69. The molecule has 2 fully saturated rings. The van der Waals surface area contributed by atoms with Crippen molar-refractivity contribution in [2.24, 2.45) is 0 Å². The second-order valence-electron chi connectivity index (χ2n) is 13.0. The molecule has 0 radical (unpaired) electrons. The first-order valence-electron chi connectivity index (χ1n) is 16.0. The Morgan fingerprint density at radius 2 is 0.609 bits per heavy atom. The minimum Gasteiger partial charge on any atom is -0.273 e. The maximum Gasteiger partial charge on any atom is 0.261 e. The largest absolute Gasteiger partial charge is 0.273 e. The number of rotatable bonds is 5. The summed E-state index contributed by atoms with van der Waals surface area (Å²) in [6, 6.07) is 4.83. The van der Waals surface area contributed by atoms with Gasteiger partial charge in [-0.2, -0.15) is 0 Å². The monoisotopic (exact) mass is 622 g/mol. The van der Waals surface area contributed by atoms with E-state index in [2.05, 4.69) is 0 Å². The van der Waals surface area contributed by atoms with Crippen molar-refractivity contribution in [2.45, 2.75) is 89.4 Å². The summed E-state index contributed by atoms with van der Waals surface area (Å²) in [5.74, 6) is 0. The molecule has 12 heteroatoms. The fourth-order valence-electron chi connectivity index (χ4n) is 8.03. The van der Waals surface area contributed by atoms with Crippen LogP contribution in [0.25, 0.3) is 43.1 Å². The topological polar surface area (TPSA) is 156 Å². The maximum absolute atomic E-state index is 13.4. The van der Waals surface area contributed by atoms with Gasteiger partial charge in [-0.1, -0.05) is 38.5 Å². The molecule has 46 heavy (non-hydrogen) atoms. The zero-order chi connectivity index (χ0) is 32.0. The normalized spacial score (nSPS) is 17.0. The smallest absolute Gasteiger partial charge is 0.261 e. The Morgan fingerprint density at radius 3 is 0.870 bits per heavy atom. The minimum absolute atomic E-state index is 0.00581. The van der Waals surface area contributed by atoms with Gasteiger partial charge in [0, 0.05) is 25.2 Å². The molecule has 0 saturated heterocycles. The van der Waals surface area contributed by atoms with E-state index < -0.39 is 44.5 Å². The SMILES string of the molecule is O=c1c2cc3c(=O)n(C4CCCCC4)c(=O)c3cc2c(=O)n1CCn1c(=O)c2cc3c(=O)n(C4CCCCC4)c(=O)c3cc2c1=O. The predicted octanol–water partition coefficient (Wildman–Crippen LogP) is 1.85. The lowest BCUT2D eigenvalue weighted by atomic mass is 9.95. The van der Waals surface area contributed by atoms with Gasteiger partial charge in [0.2, 0.25) is 0 Å². The lowest BCUT2D eigenvalue weighted by molar-refractivity contribution is 0.344. The fourth-order valence-corrected chi connectivity index (χ4v) is 8.03. The van der Waals surface area contributed by atoms with E-state index in [0.717, 1.165) is 73.3 Å². The molecule has 2 aliphatic carbocycles. The average Bonchev–Trinajstić information content (AvgIpc) is 3.65. The Labute approximate surface area is 257 Å². The number of hydrogen-bond donors (Lipinski definition) is 0. The van der Waals surface area contributed by atoms with E-state index >= 15 is 0 Å². The van der Waals surface area contributed by atoms with Crippen LogP contribution in [0, 0.1) is 0 Å². The van der Waals surface area contributed by atoms with E-state index in [0.29, 0.717) is 0 Å². The Kier molecular flexibility index (Phi) is 6.35. The quantitative estimate of drug-likeness (QED) is 0.282. The highest BCUT2D eigenvalue weighted by Gasteiger charge is 2.26. The summed E-state index contributed by atoms with van der Waals surface area (Å²) in [5, 5.41) is 0.354. The first kappa shape index (κ1) is 28.5. The molecule has 0 amide bonds. The first-order valence-corrected chi connectivity index (χ1v) is 16.0. The third kappa shape index (κ3) is 3.91. The van der Waals surface area contributed by atoms with Gasteiger partial charge in [-0.25, -0.2) is 0 Å². The molecule has 2 saturated carbocycles. The maximum atomic E-state index is 13.4. The molecule has 12 nitrogen and oxygen atoms in total. The molecule has 0 atom stereocenters. The van der Waals surface area contributed by atoms with E-state index in [9.17, 15) is 38.4 Å². The van der Waals surface area contributed by atoms with Crippen LogP contribution in [0.4, 0.5) is 0 Å². The Balaban J connectivity index is 1.17. The van der Waals surface area contributed by atoms with Crippen molar-refractivity contribution in [3.8, 4) is 0 Å². The summed E-state index contributed by atoms with van der Waals surface area (Å²) in [6.45, 7) is -0.628. The number of fused-ring (bicyclic) bond motifs is 4. The Hall–Kier alpha value is -5.00. The van der Waals surface area contributed by atoms with Crippen molar-refractivity contribution in [1.82, 2.24) is 18.3 Å². The molecule has 2 aromatic carbocycles. The zero-order valence-electron chi connectivity index (χ0n) is 25.0. The van der Waals surface area contributed by atoms with Crippen molar-refractivity contribution in [2.75, 3.05) is 0 Å². The van der Waals surface area contributed by atoms with Gasteiger partial charge in [-0.15, -0.1) is 0 Å². The molecule has 2 aliphatic rings. The number of benzene rings is 2. The van der Waals surface area contributed by atoms with Crippen molar-refractivity contribution in [1.29, 1.82) is 0 Å². The molecular weight excluding hydrogens is 592 g/mol. The van der Waals surface area contributed by atoms with Gasteiger partial charge in [-0.05, 0) is 49.9 Å². The zero-order valence-corrected chi connectivity index (χ0v) is 25.0. The molecule has 8 rings (SSSR count). The van der Waals surface area contributed by atoms with E-state index in [1.165, 1.54) is 33.4 Å². The van der Waals surface area contributed by atoms with Crippen LogP contribution >= 0.6 is 0 Å². The molecular formula is C34H30N4O8. The summed E-state index contributed by atoms with van der Waals surface area (Å²) in [5.41, 5.74) is -4.62. The van der Waals surface area contributed by atoms with Gasteiger partial charge >= 0.3 is 0 Å². The standard InChI is InChI=1S/C34H30N4O8/c39-27-19-13-23-24(32(44)37(31(23)43)17-7-3-1-4-8-17)14-20(19)28(40)35(27)11-12-36-29(41)21-15-25-26(16-22(21)30(36)42)34(46)38(33(25)45)18-9-5-2-6-10-18/h13-18H,1-12H2. The van der Waals surface area contributed by atoms with E-state index in [1.54, 1.807) is 0 Å². The van der Waals surface area contributed by atoms with Crippen molar-refractivity contribution < 1.29 is 0 Å². The molecule has 6 aromatic rings. The highest BCUT2D eigenvalue weighted by Crippen LogP contribution is 2.28. The van der Waals surface area contributed by atoms with E-state index in [4.69, 9.17) is 0 Å². The van der Waals surface area contributed by atoms with Crippen LogP contribution in [0.1, 0.15) is 76.3 Å². The Bertz CT molecular complexity index is 2330. The van der Waals surface area contributed by atoms with E-state index in [1.807, 2.05) is 0 Å². The van der Waals surface area contributed by atoms with E-state index in [-0.39, 0.29) is 68.3 Å². The lowest BCUT2D eigenvalue weighted by Gasteiger charge is -2.21. The third-order valence-corrected chi connectivity index (χ3v) is 10.4. The van der Waals surface area contributed by atoms with Gasteiger partial charge in [0.15, 0.2) is 0 Å². The van der Waals surface area contributed by atoms with Crippen LogP contribution in [0.15, 0.2) is 62.6 Å². The summed E-state index contributed by atoms with van der Waals surface area (Å²) in [7, 11) is 0. The molecule has 0 unspecified atom stereocenters. The number of aromatic nitrogens is 4. The van der Waals surface area contributed by atoms with Crippen LogP contribution in [0.3, 0.4) is 0 Å². The molecule has 0 N–H and O–H groups in total. The minimum atomic E-state index is -0.686. The molecule has 4 heterocycles. The first-order chi connectivity index (χ1) is 22.2. The highest BCUT2D eigenvalue weighted by molar-refractivity contribution is 5.99. The van der Waals surface area contributed by atoms with Crippen molar-refractivity contribution in [3.05, 3.63) is 107 Å². The highest BCUT2D eigenvalue weighted by atomic mass is 16.2. The summed E-state index contributed by atoms with van der Waals surface area (Å²) in [4.78, 5) is 106. The lowest BCUT2D eigenvalue weighted by Crippen LogP contribution is -2.33. The summed E-state index contributed by atoms with van der Waals surface area (Å²) >= 11 is 0. The molecule has 0 spiro atoms. The van der Waals surface area contributed by atoms with Crippen LogP contribution in [0.2, 0.25) is 0 Å². The van der Waals surface area contributed by atoms with Crippen LogP contribution < -0.4 is 44.5 Å². The molecule has 0 bridgehead atoms.